The van der Waals surface area contributed by atoms with Crippen molar-refractivity contribution < 1.29 is 14.3 Å². The van der Waals surface area contributed by atoms with Crippen LogP contribution in [0.15, 0.2) is 18.2 Å². The van der Waals surface area contributed by atoms with E-state index < -0.39 is 0 Å². The van der Waals surface area contributed by atoms with E-state index in [1.54, 1.807) is 11.8 Å². The van der Waals surface area contributed by atoms with E-state index in [1.165, 1.54) is 0 Å². The van der Waals surface area contributed by atoms with Gasteiger partial charge in [0.2, 0.25) is 11.9 Å². The van der Waals surface area contributed by atoms with Gasteiger partial charge in [-0.2, -0.15) is 4.98 Å². The number of carbonyl (C=O) groups excluding carboxylic acids is 2. The van der Waals surface area contributed by atoms with Gasteiger partial charge < -0.3 is 24.8 Å². The molecule has 0 saturated carbocycles. The maximum absolute atomic E-state index is 13.2. The van der Waals surface area contributed by atoms with Crippen molar-refractivity contribution in [3.05, 3.63) is 40.0 Å². The predicted molar refractivity (Wildman–Crippen MR) is 136 cm³/mol. The van der Waals surface area contributed by atoms with Gasteiger partial charge in [-0.1, -0.05) is 17.7 Å². The molecule has 0 spiro atoms. The maximum atomic E-state index is 13.2. The van der Waals surface area contributed by atoms with Gasteiger partial charge in [-0.05, 0) is 45.4 Å². The number of carbonyl (C=O) groups is 2. The molecule has 4 rings (SSSR count). The number of nitrogens with zero attached hydrogens (tertiary/aromatic N) is 5. The van der Waals surface area contributed by atoms with Crippen molar-refractivity contribution in [2.24, 2.45) is 0 Å². The highest BCUT2D eigenvalue weighted by molar-refractivity contribution is 6.32. The highest BCUT2D eigenvalue weighted by Gasteiger charge is 2.35. The van der Waals surface area contributed by atoms with Crippen LogP contribution in [0.5, 0.6) is 5.75 Å². The lowest BCUT2D eigenvalue weighted by Gasteiger charge is -2.34. The number of aromatic nitrogens is 2. The summed E-state index contributed by atoms with van der Waals surface area (Å²) in [4.78, 5) is 40.1. The number of rotatable bonds is 7. The first-order valence-corrected chi connectivity index (χ1v) is 12.5. The smallest absolute Gasteiger partial charge is 0.273 e. The molecule has 0 aliphatic carbocycles. The van der Waals surface area contributed by atoms with E-state index in [0.717, 1.165) is 11.1 Å². The van der Waals surface area contributed by atoms with E-state index in [-0.39, 0.29) is 23.9 Å². The van der Waals surface area contributed by atoms with Gasteiger partial charge in [-0.15, -0.1) is 0 Å². The van der Waals surface area contributed by atoms with E-state index in [1.807, 2.05) is 55.7 Å². The van der Waals surface area contributed by atoms with Gasteiger partial charge in [0.15, 0.2) is 0 Å². The molecule has 0 unspecified atom stereocenters. The molecule has 188 valence electrons. The van der Waals surface area contributed by atoms with E-state index in [2.05, 4.69) is 10.3 Å². The number of hydrogen-bond donors (Lipinski definition) is 1. The van der Waals surface area contributed by atoms with E-state index >= 15 is 0 Å². The lowest BCUT2D eigenvalue weighted by Crippen LogP contribution is -2.48. The molecule has 1 saturated heterocycles. The Labute approximate surface area is 211 Å². The van der Waals surface area contributed by atoms with E-state index in [4.69, 9.17) is 21.3 Å². The standard InChI is InChI=1S/C25H33ClN6O3/c1-6-35-21-8-7-18(13-20(21)26)16(4)27-23-19-14-32(15(2)3)24(34)22(19)28-25(29-23)31-11-9-30(10-12-31)17(5)33/h7-8,13,15-16H,6,9-12,14H2,1-5H3,(H,27,28,29)/t16-/m1/s1. The van der Waals surface area contributed by atoms with Gasteiger partial charge in [0.05, 0.1) is 24.2 Å². The quantitative estimate of drug-likeness (QED) is 0.619. The molecule has 1 aromatic heterocycles. The van der Waals surface area contributed by atoms with Crippen molar-refractivity contribution in [1.82, 2.24) is 19.8 Å². The average Bonchev–Trinajstić information content (AvgIpc) is 3.17. The first kappa shape index (κ1) is 25.0. The molecule has 2 aliphatic rings. The number of piperazine rings is 1. The fourth-order valence-corrected chi connectivity index (χ4v) is 4.67. The van der Waals surface area contributed by atoms with Gasteiger partial charge in [0.1, 0.15) is 17.3 Å². The molecular formula is C25H33ClN6O3. The molecule has 9 nitrogen and oxygen atoms in total. The second-order valence-corrected chi connectivity index (χ2v) is 9.62. The summed E-state index contributed by atoms with van der Waals surface area (Å²) < 4.78 is 5.56. The minimum atomic E-state index is -0.118. The maximum Gasteiger partial charge on any atom is 0.273 e. The van der Waals surface area contributed by atoms with Crippen molar-refractivity contribution >= 4 is 35.2 Å². The second-order valence-electron chi connectivity index (χ2n) is 9.21. The summed E-state index contributed by atoms with van der Waals surface area (Å²) in [5.41, 5.74) is 2.23. The van der Waals surface area contributed by atoms with Crippen LogP contribution >= 0.6 is 11.6 Å². The largest absolute Gasteiger partial charge is 0.492 e. The summed E-state index contributed by atoms with van der Waals surface area (Å²) in [5, 5.41) is 4.06. The zero-order valence-electron chi connectivity index (χ0n) is 21.0. The molecule has 0 bridgehead atoms. The molecule has 10 heteroatoms. The van der Waals surface area contributed by atoms with Crippen molar-refractivity contribution in [3.8, 4) is 5.75 Å². The van der Waals surface area contributed by atoms with Crippen molar-refractivity contribution in [2.75, 3.05) is 43.0 Å². The Morgan fingerprint density at radius 3 is 2.49 bits per heavy atom. The molecule has 2 amide bonds. The van der Waals surface area contributed by atoms with Crippen molar-refractivity contribution in [2.45, 2.75) is 53.2 Å². The van der Waals surface area contributed by atoms with Crippen LogP contribution in [-0.4, -0.2) is 70.4 Å². The molecule has 0 radical (unpaired) electrons. The number of ether oxygens (including phenoxy) is 1. The zero-order chi connectivity index (χ0) is 25.3. The van der Waals surface area contributed by atoms with Gasteiger partial charge in [0.25, 0.3) is 5.91 Å². The Balaban J connectivity index is 1.64. The lowest BCUT2D eigenvalue weighted by molar-refractivity contribution is -0.129. The molecular weight excluding hydrogens is 468 g/mol. The molecule has 2 aromatic rings. The summed E-state index contributed by atoms with van der Waals surface area (Å²) in [5.74, 6) is 1.78. The highest BCUT2D eigenvalue weighted by atomic mass is 35.5. The van der Waals surface area contributed by atoms with Crippen LogP contribution in [0.2, 0.25) is 5.02 Å². The number of fused-ring (bicyclic) bond motifs is 1. The first-order valence-electron chi connectivity index (χ1n) is 12.1. The third kappa shape index (κ3) is 5.15. The summed E-state index contributed by atoms with van der Waals surface area (Å²) in [7, 11) is 0. The molecule has 1 N–H and O–H groups in total. The number of halogens is 1. The third-order valence-corrected chi connectivity index (χ3v) is 6.82. The minimum absolute atomic E-state index is 0.0504. The fourth-order valence-electron chi connectivity index (χ4n) is 4.42. The van der Waals surface area contributed by atoms with E-state index in [0.29, 0.717) is 67.6 Å². The minimum Gasteiger partial charge on any atom is -0.492 e. The van der Waals surface area contributed by atoms with Gasteiger partial charge in [-0.25, -0.2) is 4.98 Å². The third-order valence-electron chi connectivity index (χ3n) is 6.53. The summed E-state index contributed by atoms with van der Waals surface area (Å²) >= 11 is 6.42. The molecule has 1 fully saturated rings. The van der Waals surface area contributed by atoms with Gasteiger partial charge >= 0.3 is 0 Å². The normalized spacial score (nSPS) is 16.5. The van der Waals surface area contributed by atoms with Gasteiger partial charge in [0, 0.05) is 44.7 Å². The average molecular weight is 501 g/mol. The van der Waals surface area contributed by atoms with Crippen LogP contribution in [-0.2, 0) is 11.3 Å². The monoisotopic (exact) mass is 500 g/mol. The van der Waals surface area contributed by atoms with Crippen molar-refractivity contribution in [3.63, 3.8) is 0 Å². The number of benzene rings is 1. The first-order chi connectivity index (χ1) is 16.7. The van der Waals surface area contributed by atoms with Crippen LogP contribution in [0.1, 0.15) is 62.3 Å². The SMILES string of the molecule is CCOc1ccc([C@@H](C)Nc2nc(N3CCN(C(C)=O)CC3)nc3c2CN(C(C)C)C3=O)cc1Cl. The Morgan fingerprint density at radius 2 is 1.89 bits per heavy atom. The molecule has 3 heterocycles. The van der Waals surface area contributed by atoms with Crippen LogP contribution in [0.4, 0.5) is 11.8 Å². The topological polar surface area (TPSA) is 90.9 Å². The fraction of sp³-hybridized carbons (Fsp3) is 0.520. The highest BCUT2D eigenvalue weighted by Crippen LogP contribution is 2.34. The van der Waals surface area contributed by atoms with Gasteiger partial charge in [-0.3, -0.25) is 9.59 Å². The number of hydrogen-bond acceptors (Lipinski definition) is 7. The molecule has 2 aliphatic heterocycles. The second kappa shape index (κ2) is 10.3. The predicted octanol–water partition coefficient (Wildman–Crippen LogP) is 3.73. The summed E-state index contributed by atoms with van der Waals surface area (Å²) in [6.45, 7) is 13.0. The number of amides is 2. The van der Waals surface area contributed by atoms with E-state index in [9.17, 15) is 9.59 Å². The van der Waals surface area contributed by atoms with Crippen LogP contribution in [0.3, 0.4) is 0 Å². The van der Waals surface area contributed by atoms with Crippen LogP contribution < -0.4 is 15.0 Å². The number of nitrogens with one attached hydrogen (secondary N) is 1. The van der Waals surface area contributed by atoms with Crippen molar-refractivity contribution in [1.29, 1.82) is 0 Å². The summed E-state index contributed by atoms with van der Waals surface area (Å²) in [6.07, 6.45) is 0. The molecule has 35 heavy (non-hydrogen) atoms. The molecule has 1 atom stereocenters. The Morgan fingerprint density at radius 1 is 1.17 bits per heavy atom. The zero-order valence-corrected chi connectivity index (χ0v) is 21.7. The molecule has 1 aromatic carbocycles. The number of anilines is 2. The Hall–Kier alpha value is -3.07. The van der Waals surface area contributed by atoms with Crippen LogP contribution in [0.25, 0.3) is 0 Å². The Kier molecular flexibility index (Phi) is 7.35. The van der Waals surface area contributed by atoms with Crippen LogP contribution in [0, 0.1) is 0 Å². The lowest BCUT2D eigenvalue weighted by atomic mass is 10.1. The Bertz CT molecular complexity index is 1120. The summed E-state index contributed by atoms with van der Waals surface area (Å²) in [6, 6.07) is 5.67.